The summed E-state index contributed by atoms with van der Waals surface area (Å²) in [6.07, 6.45) is 0. The van der Waals surface area contributed by atoms with Crippen molar-refractivity contribution in [3.8, 4) is 0 Å². The molecule has 0 saturated carbocycles. The summed E-state index contributed by atoms with van der Waals surface area (Å²) in [5.74, 6) is -0.855. The number of benzene rings is 2. The Hall–Kier alpha value is -2.09. The van der Waals surface area contributed by atoms with Crippen LogP contribution in [0.4, 0.5) is 0 Å². The Kier molecular flexibility index (Phi) is 5.31. The molecule has 0 heterocycles. The van der Waals surface area contributed by atoms with Crippen molar-refractivity contribution in [3.63, 3.8) is 0 Å². The molecule has 0 radical (unpaired) electrons. The number of hydrogen-bond acceptors (Lipinski definition) is 1. The maximum absolute atomic E-state index is 10.6. The molecule has 0 amide bonds. The van der Waals surface area contributed by atoms with Gasteiger partial charge in [0.25, 0.3) is 0 Å². The lowest BCUT2D eigenvalue weighted by Crippen LogP contribution is -1.99. The standard InChI is InChI=1S/C9H10O2.C8H10/c1-6-3-4-7(2)8(5-6)9(10)11;1-7-3-5-8(2)6-4-7/h3-5H,1-2H3,(H,10,11);3-6H,1-2H3. The van der Waals surface area contributed by atoms with Crippen molar-refractivity contribution < 1.29 is 9.90 Å². The summed E-state index contributed by atoms with van der Waals surface area (Å²) in [6.45, 7) is 7.87. The fraction of sp³-hybridized carbons (Fsp3) is 0.235. The molecule has 2 aromatic carbocycles. The van der Waals surface area contributed by atoms with Crippen LogP contribution in [-0.2, 0) is 0 Å². The first-order valence-electron chi connectivity index (χ1n) is 6.24. The Morgan fingerprint density at radius 2 is 1.21 bits per heavy atom. The van der Waals surface area contributed by atoms with Gasteiger partial charge in [0.05, 0.1) is 5.56 Å². The SMILES string of the molecule is Cc1ccc(C)c(C(=O)O)c1.Cc1ccc(C)cc1. The van der Waals surface area contributed by atoms with Crippen LogP contribution in [0.15, 0.2) is 42.5 Å². The first kappa shape index (κ1) is 15.0. The highest BCUT2D eigenvalue weighted by Gasteiger charge is 2.05. The van der Waals surface area contributed by atoms with Crippen LogP contribution in [-0.4, -0.2) is 11.1 Å². The molecular formula is C17H20O2. The number of carboxylic acid groups (broad SMARTS) is 1. The van der Waals surface area contributed by atoms with Gasteiger partial charge in [-0.05, 0) is 39.3 Å². The third kappa shape index (κ3) is 4.96. The van der Waals surface area contributed by atoms with Crippen LogP contribution >= 0.6 is 0 Å². The van der Waals surface area contributed by atoms with Gasteiger partial charge in [-0.1, -0.05) is 53.1 Å². The van der Waals surface area contributed by atoms with E-state index < -0.39 is 5.97 Å². The Morgan fingerprint density at radius 3 is 1.58 bits per heavy atom. The minimum atomic E-state index is -0.855. The van der Waals surface area contributed by atoms with Crippen molar-refractivity contribution in [1.29, 1.82) is 0 Å². The maximum atomic E-state index is 10.6. The average molecular weight is 256 g/mol. The molecule has 0 fully saturated rings. The second kappa shape index (κ2) is 6.74. The molecule has 0 aromatic heterocycles. The highest BCUT2D eigenvalue weighted by atomic mass is 16.4. The minimum absolute atomic E-state index is 0.394. The van der Waals surface area contributed by atoms with E-state index in [4.69, 9.17) is 5.11 Å². The third-order valence-electron chi connectivity index (χ3n) is 2.84. The fourth-order valence-electron chi connectivity index (χ4n) is 1.60. The van der Waals surface area contributed by atoms with Crippen molar-refractivity contribution in [1.82, 2.24) is 0 Å². The first-order chi connectivity index (χ1) is 8.90. The lowest BCUT2D eigenvalue weighted by atomic mass is 10.1. The summed E-state index contributed by atoms with van der Waals surface area (Å²) in [6, 6.07) is 13.9. The third-order valence-corrected chi connectivity index (χ3v) is 2.84. The van der Waals surface area contributed by atoms with Crippen LogP contribution in [0.5, 0.6) is 0 Å². The van der Waals surface area contributed by atoms with Crippen molar-refractivity contribution in [2.45, 2.75) is 27.7 Å². The molecule has 0 saturated heterocycles. The van der Waals surface area contributed by atoms with Gasteiger partial charge in [-0.25, -0.2) is 4.79 Å². The molecule has 0 atom stereocenters. The van der Waals surface area contributed by atoms with Gasteiger partial charge in [0.15, 0.2) is 0 Å². The highest BCUT2D eigenvalue weighted by molar-refractivity contribution is 5.89. The van der Waals surface area contributed by atoms with E-state index in [9.17, 15) is 4.79 Å². The van der Waals surface area contributed by atoms with Crippen molar-refractivity contribution in [2.24, 2.45) is 0 Å². The largest absolute Gasteiger partial charge is 0.478 e. The van der Waals surface area contributed by atoms with E-state index in [1.54, 1.807) is 13.0 Å². The van der Waals surface area contributed by atoms with E-state index in [1.807, 2.05) is 19.1 Å². The van der Waals surface area contributed by atoms with Crippen LogP contribution in [0.25, 0.3) is 0 Å². The first-order valence-corrected chi connectivity index (χ1v) is 6.24. The van der Waals surface area contributed by atoms with Crippen LogP contribution in [0.2, 0.25) is 0 Å². The van der Waals surface area contributed by atoms with Gasteiger partial charge in [0.1, 0.15) is 0 Å². The van der Waals surface area contributed by atoms with E-state index in [-0.39, 0.29) is 0 Å². The molecular weight excluding hydrogens is 236 g/mol. The van der Waals surface area contributed by atoms with Crippen molar-refractivity contribution in [3.05, 3.63) is 70.3 Å². The van der Waals surface area contributed by atoms with Gasteiger partial charge in [0, 0.05) is 0 Å². The molecule has 100 valence electrons. The molecule has 2 heteroatoms. The van der Waals surface area contributed by atoms with E-state index in [0.717, 1.165) is 11.1 Å². The summed E-state index contributed by atoms with van der Waals surface area (Å²) in [7, 11) is 0. The lowest BCUT2D eigenvalue weighted by molar-refractivity contribution is 0.0696. The van der Waals surface area contributed by atoms with E-state index >= 15 is 0 Å². The number of aromatic carboxylic acids is 1. The predicted molar refractivity (Wildman–Crippen MR) is 78.8 cm³/mol. The smallest absolute Gasteiger partial charge is 0.335 e. The number of rotatable bonds is 1. The summed E-state index contributed by atoms with van der Waals surface area (Å²) in [5.41, 5.74) is 4.84. The van der Waals surface area contributed by atoms with Gasteiger partial charge in [-0.15, -0.1) is 0 Å². The summed E-state index contributed by atoms with van der Waals surface area (Å²) in [5, 5.41) is 8.69. The Morgan fingerprint density at radius 1 is 0.789 bits per heavy atom. The summed E-state index contributed by atoms with van der Waals surface area (Å²) >= 11 is 0. The molecule has 0 aliphatic carbocycles. The van der Waals surface area contributed by atoms with Crippen LogP contribution in [0.1, 0.15) is 32.6 Å². The molecule has 2 aromatic rings. The fourth-order valence-corrected chi connectivity index (χ4v) is 1.60. The van der Waals surface area contributed by atoms with Crippen LogP contribution in [0, 0.1) is 27.7 Å². The van der Waals surface area contributed by atoms with Crippen LogP contribution < -0.4 is 0 Å². The second-order valence-electron chi connectivity index (χ2n) is 4.78. The van der Waals surface area contributed by atoms with Gasteiger partial charge in [0.2, 0.25) is 0 Å². The molecule has 0 aliphatic heterocycles. The molecule has 0 unspecified atom stereocenters. The van der Waals surface area contributed by atoms with E-state index in [0.29, 0.717) is 5.56 Å². The molecule has 19 heavy (non-hydrogen) atoms. The van der Waals surface area contributed by atoms with Crippen molar-refractivity contribution >= 4 is 5.97 Å². The van der Waals surface area contributed by atoms with E-state index in [2.05, 4.69) is 38.1 Å². The van der Waals surface area contributed by atoms with Crippen LogP contribution in [0.3, 0.4) is 0 Å². The molecule has 0 spiro atoms. The molecule has 0 bridgehead atoms. The van der Waals surface area contributed by atoms with Gasteiger partial charge in [-0.3, -0.25) is 0 Å². The number of carboxylic acids is 1. The quantitative estimate of drug-likeness (QED) is 0.825. The highest BCUT2D eigenvalue weighted by Crippen LogP contribution is 2.09. The summed E-state index contributed by atoms with van der Waals surface area (Å²) in [4.78, 5) is 10.6. The van der Waals surface area contributed by atoms with Crippen molar-refractivity contribution in [2.75, 3.05) is 0 Å². The molecule has 2 nitrogen and oxygen atoms in total. The van der Waals surface area contributed by atoms with Gasteiger partial charge < -0.3 is 5.11 Å². The Bertz CT molecular complexity index is 533. The average Bonchev–Trinajstić information content (AvgIpc) is 2.36. The number of hydrogen-bond donors (Lipinski definition) is 1. The zero-order chi connectivity index (χ0) is 14.4. The number of aryl methyl sites for hydroxylation is 4. The minimum Gasteiger partial charge on any atom is -0.478 e. The zero-order valence-electron chi connectivity index (χ0n) is 11.9. The Labute approximate surface area is 114 Å². The topological polar surface area (TPSA) is 37.3 Å². The Balaban J connectivity index is 0.000000200. The van der Waals surface area contributed by atoms with Gasteiger partial charge in [-0.2, -0.15) is 0 Å². The van der Waals surface area contributed by atoms with Gasteiger partial charge >= 0.3 is 5.97 Å². The maximum Gasteiger partial charge on any atom is 0.335 e. The number of carbonyl (C=O) groups is 1. The summed E-state index contributed by atoms with van der Waals surface area (Å²) < 4.78 is 0. The monoisotopic (exact) mass is 256 g/mol. The second-order valence-corrected chi connectivity index (χ2v) is 4.78. The zero-order valence-corrected chi connectivity index (χ0v) is 11.9. The van der Waals surface area contributed by atoms with E-state index in [1.165, 1.54) is 11.1 Å². The molecule has 2 rings (SSSR count). The predicted octanol–water partition coefficient (Wildman–Crippen LogP) is 4.31. The normalized spacial score (nSPS) is 9.47. The molecule has 1 N–H and O–H groups in total. The lowest BCUT2D eigenvalue weighted by Gasteiger charge is -2.00. The molecule has 0 aliphatic rings.